The van der Waals surface area contributed by atoms with E-state index in [0.717, 1.165) is 29.1 Å². The van der Waals surface area contributed by atoms with E-state index in [-0.39, 0.29) is 21.7 Å². The lowest BCUT2D eigenvalue weighted by molar-refractivity contribution is 0.0207. The molecular formula is C24H37N3O4SSi. The number of benzene rings is 1. The highest BCUT2D eigenvalue weighted by Gasteiger charge is 2.41. The lowest BCUT2D eigenvalue weighted by atomic mass is 9.93. The monoisotopic (exact) mass is 491 g/mol. The number of oxime groups is 1. The Balaban J connectivity index is 1.90. The fourth-order valence-electron chi connectivity index (χ4n) is 3.70. The fraction of sp³-hybridized carbons (Fsp3) is 0.583. The van der Waals surface area contributed by atoms with Crippen LogP contribution in [-0.4, -0.2) is 54.5 Å². The zero-order valence-electron chi connectivity index (χ0n) is 20.8. The second kappa shape index (κ2) is 9.25. The van der Waals surface area contributed by atoms with Crippen LogP contribution in [0, 0.1) is 0 Å². The molecule has 1 unspecified atom stereocenters. The molecule has 2 heterocycles. The lowest BCUT2D eigenvalue weighted by Crippen LogP contribution is -2.46. The van der Waals surface area contributed by atoms with Crippen LogP contribution in [0.2, 0.25) is 11.6 Å². The standard InChI is InChI=1S/C24H37N3O4SSi/c1-22(2,3)30-21(28)27-12-10-24(11-13-27)15-18(31-33(7)23(4,5)6)17-14-16(20(25)26-29)8-9-19(17)32-24/h8-9,14-15,29,33H,10-13H2,1-7H3,(H2,25,26). The summed E-state index contributed by atoms with van der Waals surface area (Å²) in [5.74, 6) is 0.949. The molecule has 1 atom stereocenters. The summed E-state index contributed by atoms with van der Waals surface area (Å²) in [5.41, 5.74) is 6.99. The minimum absolute atomic E-state index is 0.0780. The first-order chi connectivity index (χ1) is 15.2. The summed E-state index contributed by atoms with van der Waals surface area (Å²) in [6, 6.07) is 5.84. The van der Waals surface area contributed by atoms with E-state index in [4.69, 9.17) is 20.1 Å². The molecule has 1 saturated heterocycles. The molecule has 3 N–H and O–H groups in total. The van der Waals surface area contributed by atoms with Crippen molar-refractivity contribution in [3.8, 4) is 0 Å². The third-order valence-corrected chi connectivity index (χ3v) is 10.7. The average molecular weight is 492 g/mol. The zero-order chi connectivity index (χ0) is 24.6. The Morgan fingerprint density at radius 2 is 1.85 bits per heavy atom. The number of amides is 1. The summed E-state index contributed by atoms with van der Waals surface area (Å²) in [6.45, 7) is 15.8. The second-order valence-corrected chi connectivity index (χ2v) is 15.7. The first kappa shape index (κ1) is 25.5. The summed E-state index contributed by atoms with van der Waals surface area (Å²) < 4.78 is 12.1. The molecule has 1 amide bonds. The molecule has 0 aromatic heterocycles. The summed E-state index contributed by atoms with van der Waals surface area (Å²) in [5, 5.41) is 12.4. The van der Waals surface area contributed by atoms with Gasteiger partial charge in [-0.2, -0.15) is 0 Å². The first-order valence-corrected chi connectivity index (χ1v) is 14.4. The first-order valence-electron chi connectivity index (χ1n) is 11.4. The predicted molar refractivity (Wildman–Crippen MR) is 136 cm³/mol. The van der Waals surface area contributed by atoms with E-state index in [2.05, 4.69) is 38.5 Å². The van der Waals surface area contributed by atoms with Gasteiger partial charge >= 0.3 is 6.09 Å². The van der Waals surface area contributed by atoms with Crippen molar-refractivity contribution in [1.29, 1.82) is 0 Å². The molecule has 0 radical (unpaired) electrons. The third kappa shape index (κ3) is 6.06. The summed E-state index contributed by atoms with van der Waals surface area (Å²) in [6.07, 6.45) is 3.63. The highest BCUT2D eigenvalue weighted by atomic mass is 32.2. The topological polar surface area (TPSA) is 97.4 Å². The van der Waals surface area contributed by atoms with Gasteiger partial charge in [0.2, 0.25) is 9.04 Å². The van der Waals surface area contributed by atoms with Gasteiger partial charge in [-0.15, -0.1) is 11.8 Å². The van der Waals surface area contributed by atoms with Crippen molar-refractivity contribution < 1.29 is 19.2 Å². The van der Waals surface area contributed by atoms with Gasteiger partial charge in [-0.3, -0.25) is 0 Å². The van der Waals surface area contributed by atoms with Crippen molar-refractivity contribution in [2.24, 2.45) is 10.9 Å². The van der Waals surface area contributed by atoms with Crippen LogP contribution in [0.3, 0.4) is 0 Å². The van der Waals surface area contributed by atoms with Gasteiger partial charge in [0, 0.05) is 33.9 Å². The number of piperidine rings is 1. The van der Waals surface area contributed by atoms with Crippen molar-refractivity contribution in [3.05, 3.63) is 35.4 Å². The van der Waals surface area contributed by atoms with Gasteiger partial charge in [-0.25, -0.2) is 4.79 Å². The van der Waals surface area contributed by atoms with Crippen molar-refractivity contribution in [1.82, 2.24) is 4.90 Å². The van der Waals surface area contributed by atoms with Gasteiger partial charge in [0.05, 0.1) is 0 Å². The van der Waals surface area contributed by atoms with E-state index < -0.39 is 14.6 Å². The molecule has 0 aliphatic carbocycles. The predicted octanol–water partition coefficient (Wildman–Crippen LogP) is 5.17. The molecule has 2 aliphatic heterocycles. The van der Waals surface area contributed by atoms with Crippen LogP contribution >= 0.6 is 11.8 Å². The van der Waals surface area contributed by atoms with Crippen molar-refractivity contribution in [3.63, 3.8) is 0 Å². The van der Waals surface area contributed by atoms with E-state index in [1.165, 1.54) is 0 Å². The van der Waals surface area contributed by atoms with Crippen LogP contribution in [0.5, 0.6) is 0 Å². The number of carbonyl (C=O) groups is 1. The van der Waals surface area contributed by atoms with Gasteiger partial charge in [0.15, 0.2) is 5.84 Å². The van der Waals surface area contributed by atoms with Crippen LogP contribution in [0.25, 0.3) is 5.76 Å². The van der Waals surface area contributed by atoms with E-state index in [1.807, 2.05) is 50.7 Å². The summed E-state index contributed by atoms with van der Waals surface area (Å²) in [4.78, 5) is 15.5. The Kier molecular flexibility index (Phi) is 7.15. The smallest absolute Gasteiger partial charge is 0.410 e. The van der Waals surface area contributed by atoms with Crippen LogP contribution in [-0.2, 0) is 9.16 Å². The van der Waals surface area contributed by atoms with E-state index in [9.17, 15) is 4.79 Å². The Morgan fingerprint density at radius 1 is 1.21 bits per heavy atom. The van der Waals surface area contributed by atoms with Crippen molar-refractivity contribution >= 4 is 38.5 Å². The zero-order valence-corrected chi connectivity index (χ0v) is 22.7. The third-order valence-electron chi connectivity index (χ3n) is 6.14. The number of nitrogens with two attached hydrogens (primary N) is 1. The molecule has 33 heavy (non-hydrogen) atoms. The number of amidine groups is 1. The average Bonchev–Trinajstić information content (AvgIpc) is 2.71. The van der Waals surface area contributed by atoms with Crippen molar-refractivity contribution in [2.45, 2.75) is 81.2 Å². The minimum atomic E-state index is -1.57. The number of hydrogen-bond donors (Lipinski definition) is 2. The fourth-order valence-corrected chi connectivity index (χ4v) is 6.02. The SMILES string of the molecule is C[SiH](OC1=CC2(CCN(C(=O)OC(C)(C)C)CC2)Sc2ccc(/C(N)=N/O)cc21)C(C)(C)C. The molecule has 0 bridgehead atoms. The molecule has 182 valence electrons. The van der Waals surface area contributed by atoms with E-state index in [0.29, 0.717) is 18.7 Å². The van der Waals surface area contributed by atoms with Gasteiger partial charge in [0.1, 0.15) is 11.4 Å². The Morgan fingerprint density at radius 3 is 2.39 bits per heavy atom. The quantitative estimate of drug-likeness (QED) is 0.199. The molecule has 0 saturated carbocycles. The maximum atomic E-state index is 12.6. The Labute approximate surface area is 203 Å². The van der Waals surface area contributed by atoms with Gasteiger partial charge < -0.3 is 25.0 Å². The van der Waals surface area contributed by atoms with E-state index in [1.54, 1.807) is 4.90 Å². The molecule has 1 spiro atoms. The lowest BCUT2D eigenvalue weighted by Gasteiger charge is -2.43. The number of rotatable bonds is 3. The van der Waals surface area contributed by atoms with Crippen LogP contribution in [0.15, 0.2) is 34.3 Å². The summed E-state index contributed by atoms with van der Waals surface area (Å²) >= 11 is 1.81. The largest absolute Gasteiger partial charge is 0.546 e. The highest BCUT2D eigenvalue weighted by molar-refractivity contribution is 8.01. The molecule has 1 aromatic rings. The molecule has 1 aromatic carbocycles. The van der Waals surface area contributed by atoms with Crippen LogP contribution in [0.1, 0.15) is 65.5 Å². The molecule has 1 fully saturated rings. The van der Waals surface area contributed by atoms with Gasteiger partial charge in [-0.05, 0) is 63.4 Å². The number of thioether (sulfide) groups is 1. The normalized spacial score (nSPS) is 19.5. The minimum Gasteiger partial charge on any atom is -0.546 e. The number of carbonyl (C=O) groups excluding carboxylic acids is 1. The number of nitrogens with zero attached hydrogens (tertiary/aromatic N) is 2. The molecule has 2 aliphatic rings. The van der Waals surface area contributed by atoms with E-state index >= 15 is 0 Å². The molecular weight excluding hydrogens is 454 g/mol. The van der Waals surface area contributed by atoms with Gasteiger partial charge in [0.25, 0.3) is 0 Å². The number of likely N-dealkylation sites (tertiary alicyclic amines) is 1. The molecule has 3 rings (SSSR count). The highest BCUT2D eigenvalue weighted by Crippen LogP contribution is 2.50. The summed E-state index contributed by atoms with van der Waals surface area (Å²) in [7, 11) is -1.57. The second-order valence-electron chi connectivity index (χ2n) is 11.0. The maximum Gasteiger partial charge on any atom is 0.410 e. The Hall–Kier alpha value is -2.13. The van der Waals surface area contributed by atoms with Crippen molar-refractivity contribution in [2.75, 3.05) is 13.1 Å². The Bertz CT molecular complexity index is 957. The number of ether oxygens (including phenoxy) is 1. The van der Waals surface area contributed by atoms with Crippen LogP contribution in [0.4, 0.5) is 4.79 Å². The number of fused-ring (bicyclic) bond motifs is 1. The number of hydrogen-bond acceptors (Lipinski definition) is 6. The molecule has 7 nitrogen and oxygen atoms in total. The van der Waals surface area contributed by atoms with Gasteiger partial charge in [-0.1, -0.05) is 32.0 Å². The van der Waals surface area contributed by atoms with Crippen LogP contribution < -0.4 is 5.73 Å². The maximum absolute atomic E-state index is 12.6. The molecule has 9 heteroatoms.